The smallest absolute Gasteiger partial charge is 0 e. The second-order valence-electron chi connectivity index (χ2n) is 9.75. The van der Waals surface area contributed by atoms with Gasteiger partial charge in [0.25, 0.3) is 0 Å². The summed E-state index contributed by atoms with van der Waals surface area (Å²) in [6, 6.07) is 42.8. The van der Waals surface area contributed by atoms with Crippen LogP contribution in [0.3, 0.4) is 0 Å². The number of fused-ring (bicyclic) bond motifs is 2. The van der Waals surface area contributed by atoms with Crippen LogP contribution in [0.5, 0.6) is 0 Å². The third kappa shape index (κ3) is 15.9. The van der Waals surface area contributed by atoms with E-state index >= 15 is 0 Å². The molecule has 0 aliphatic heterocycles. The Hall–Kier alpha value is -2.15. The number of halogens is 6. The van der Waals surface area contributed by atoms with Crippen molar-refractivity contribution in [2.24, 2.45) is 11.8 Å². The molecule has 0 atom stereocenters. The van der Waals surface area contributed by atoms with Gasteiger partial charge in [-0.15, -0.1) is 0 Å². The van der Waals surface area contributed by atoms with Crippen LogP contribution in [0.4, 0.5) is 25.2 Å². The summed E-state index contributed by atoms with van der Waals surface area (Å²) in [5.41, 5.74) is 0. The van der Waals surface area contributed by atoms with E-state index in [2.05, 4.69) is 159 Å². The first-order valence-corrected chi connectivity index (χ1v) is 18.9. The Balaban J connectivity index is 0.000000209. The topological polar surface area (TPSA) is 0 Å². The molecule has 0 heterocycles. The van der Waals surface area contributed by atoms with Gasteiger partial charge in [0.1, 0.15) is 0 Å². The molecule has 0 spiro atoms. The number of benzene rings is 4. The fourth-order valence-corrected chi connectivity index (χ4v) is 7.31. The summed E-state index contributed by atoms with van der Waals surface area (Å²) in [5.74, 6) is 1.62. The molecule has 0 saturated carbocycles. The van der Waals surface area contributed by atoms with Gasteiger partial charge in [-0.1, -0.05) is 146 Å². The monoisotopic (exact) mass is 740 g/mol. The maximum atomic E-state index is 9.87. The van der Waals surface area contributed by atoms with E-state index in [1.54, 1.807) is 0 Å². The largest absolute Gasteiger partial charge is 0 e. The number of hydrogen-bond acceptors (Lipinski definition) is 0. The molecule has 4 aromatic rings. The van der Waals surface area contributed by atoms with Crippen LogP contribution in [0, 0.1) is 11.8 Å². The van der Waals surface area contributed by atoms with Crippen LogP contribution in [-0.4, -0.2) is 13.3 Å². The third-order valence-corrected chi connectivity index (χ3v) is 10.6. The maximum Gasteiger partial charge on any atom is 0 e. The van der Waals surface area contributed by atoms with Gasteiger partial charge >= 0.3 is 33.0 Å². The van der Waals surface area contributed by atoms with Crippen molar-refractivity contribution in [3.8, 4) is 0 Å². The third-order valence-electron chi connectivity index (χ3n) is 6.33. The molecule has 2 bridgehead atoms. The Morgan fingerprint density at radius 1 is 0.442 bits per heavy atom. The number of hydrogen-bond donors (Lipinski definition) is 0. The Morgan fingerprint density at radius 2 is 0.628 bits per heavy atom. The Kier molecular flexibility index (Phi) is 13.5. The molecule has 1 radical (unpaired) electrons. The normalized spacial score (nSPS) is 17.6. The van der Waals surface area contributed by atoms with Crippen LogP contribution in [0.1, 0.15) is 6.42 Å². The van der Waals surface area contributed by atoms with Crippen LogP contribution >= 0.6 is 23.7 Å². The van der Waals surface area contributed by atoms with Crippen molar-refractivity contribution in [2.45, 2.75) is 6.42 Å². The van der Waals surface area contributed by atoms with E-state index in [0.29, 0.717) is 0 Å². The van der Waals surface area contributed by atoms with Gasteiger partial charge in [0.15, 0.2) is 0 Å². The minimum atomic E-state index is -10.7. The fourth-order valence-electron chi connectivity index (χ4n) is 4.23. The second kappa shape index (κ2) is 15.7. The SMILES string of the molecule is C1=CC2C=CC1C2.CP(c1ccccc1)c1ccccc1.CP(c1ccccc1)c1ccccc1.F[P-](F)(F)(F)(F)F.[Rh]. The zero-order valence-corrected chi connectivity index (χ0v) is 28.0. The van der Waals surface area contributed by atoms with Gasteiger partial charge in [-0.25, -0.2) is 0 Å². The van der Waals surface area contributed by atoms with E-state index < -0.39 is 7.81 Å². The summed E-state index contributed by atoms with van der Waals surface area (Å²) in [4.78, 5) is 0. The molecular weight excluding hydrogens is 706 g/mol. The van der Waals surface area contributed by atoms with Crippen LogP contribution in [-0.2, 0) is 19.5 Å². The van der Waals surface area contributed by atoms with Gasteiger partial charge in [0.05, 0.1) is 0 Å². The van der Waals surface area contributed by atoms with Gasteiger partial charge in [-0.2, -0.15) is 0 Å². The molecule has 233 valence electrons. The summed E-state index contributed by atoms with van der Waals surface area (Å²) in [6.07, 6.45) is 10.5. The molecule has 6 rings (SSSR count). The predicted molar refractivity (Wildman–Crippen MR) is 173 cm³/mol. The number of rotatable bonds is 4. The van der Waals surface area contributed by atoms with Crippen LogP contribution in [0.2, 0.25) is 0 Å². The maximum absolute atomic E-state index is 10.7. The van der Waals surface area contributed by atoms with E-state index in [0.717, 1.165) is 11.8 Å². The van der Waals surface area contributed by atoms with E-state index in [-0.39, 0.29) is 35.3 Å². The van der Waals surface area contributed by atoms with Crippen molar-refractivity contribution in [3.05, 3.63) is 146 Å². The van der Waals surface area contributed by atoms with E-state index in [1.165, 1.54) is 27.6 Å². The Bertz CT molecular complexity index is 1220. The standard InChI is InChI=1S/2C13H13P.C7H8.F6P.Rh/c2*1-14(12-8-4-2-5-9-12)13-10-6-3-7-11-13;1-2-7-4-3-6(1)5-7;1-7(2,3,4,5)6;/h2*2-11H,1H3;1-4,6-7H,5H2;;/q;;;-1;. The fraction of sp³-hybridized carbons (Fsp3) is 0.152. The minimum Gasteiger partial charge on any atom is 0 e. The first kappa shape index (κ1) is 37.0. The molecule has 0 unspecified atom stereocenters. The summed E-state index contributed by atoms with van der Waals surface area (Å²) < 4.78 is 59.2. The molecule has 43 heavy (non-hydrogen) atoms. The first-order chi connectivity index (χ1) is 19.7. The van der Waals surface area contributed by atoms with Crippen LogP contribution in [0.15, 0.2) is 146 Å². The average molecular weight is 740 g/mol. The van der Waals surface area contributed by atoms with Gasteiger partial charge in [0.2, 0.25) is 0 Å². The van der Waals surface area contributed by atoms with Crippen molar-refractivity contribution < 1.29 is 44.7 Å². The summed E-state index contributed by atoms with van der Waals surface area (Å²) >= 11 is 0. The van der Waals surface area contributed by atoms with Crippen molar-refractivity contribution in [1.29, 1.82) is 0 Å². The van der Waals surface area contributed by atoms with Gasteiger partial charge in [0, 0.05) is 19.5 Å². The van der Waals surface area contributed by atoms with Gasteiger partial charge in [-0.05, 0) is 68.6 Å². The summed E-state index contributed by atoms with van der Waals surface area (Å²) in [6.45, 7) is 4.61. The van der Waals surface area contributed by atoms with E-state index in [1.807, 2.05) is 0 Å². The molecule has 0 aromatic heterocycles. The molecule has 0 nitrogen and oxygen atoms in total. The Labute approximate surface area is 265 Å². The van der Waals surface area contributed by atoms with E-state index in [4.69, 9.17) is 0 Å². The quantitative estimate of drug-likeness (QED) is 0.0846. The van der Waals surface area contributed by atoms with E-state index in [9.17, 15) is 25.2 Å². The van der Waals surface area contributed by atoms with Crippen molar-refractivity contribution in [3.63, 3.8) is 0 Å². The summed E-state index contributed by atoms with van der Waals surface area (Å²) in [7, 11) is -11.0. The van der Waals surface area contributed by atoms with Crippen LogP contribution < -0.4 is 21.2 Å². The van der Waals surface area contributed by atoms with Gasteiger partial charge < -0.3 is 0 Å². The second-order valence-corrected chi connectivity index (χ2v) is 16.0. The number of allylic oxidation sites excluding steroid dienone is 4. The molecule has 10 heteroatoms. The van der Waals surface area contributed by atoms with Crippen molar-refractivity contribution in [1.82, 2.24) is 0 Å². The molecule has 2 aliphatic carbocycles. The van der Waals surface area contributed by atoms with Gasteiger partial charge in [-0.3, -0.25) is 0 Å². The molecule has 0 saturated heterocycles. The first-order valence-electron chi connectivity index (χ1n) is 13.3. The van der Waals surface area contributed by atoms with Crippen LogP contribution in [0.25, 0.3) is 0 Å². The van der Waals surface area contributed by atoms with Crippen molar-refractivity contribution >= 4 is 44.9 Å². The molecule has 0 fully saturated rings. The zero-order valence-electron chi connectivity index (χ0n) is 23.7. The predicted octanol–water partition coefficient (Wildman–Crippen LogP) is 10.6. The molecule has 4 aromatic carbocycles. The van der Waals surface area contributed by atoms with Crippen molar-refractivity contribution in [2.75, 3.05) is 13.3 Å². The Morgan fingerprint density at radius 3 is 0.767 bits per heavy atom. The molecule has 0 N–H and O–H groups in total. The average Bonchev–Trinajstić information content (AvgIpc) is 3.64. The minimum absolute atomic E-state index is 0. The zero-order chi connectivity index (χ0) is 30.7. The molecule has 2 aliphatic rings. The molecular formula is C33H34F6P3Rh-. The molecule has 0 amide bonds. The summed E-state index contributed by atoms with van der Waals surface area (Å²) in [5, 5.41) is 5.75.